The van der Waals surface area contributed by atoms with Crippen LogP contribution in [-0.2, 0) is 9.53 Å². The summed E-state index contributed by atoms with van der Waals surface area (Å²) in [6, 6.07) is 0. The maximum Gasteiger partial charge on any atom is 0.302 e. The van der Waals surface area contributed by atoms with Crippen LogP contribution in [0, 0.1) is 50.7 Å². The molecule has 0 bridgehead atoms. The lowest BCUT2D eigenvalue weighted by atomic mass is 9.31. The maximum absolute atomic E-state index is 12.4. The van der Waals surface area contributed by atoms with Crippen molar-refractivity contribution in [2.24, 2.45) is 50.7 Å². The van der Waals surface area contributed by atoms with Crippen LogP contribution in [0.3, 0.4) is 0 Å². The summed E-state index contributed by atoms with van der Waals surface area (Å²) in [7, 11) is 0. The summed E-state index contributed by atoms with van der Waals surface area (Å²) in [4.78, 5) is 12.4. The van der Waals surface area contributed by atoms with Crippen molar-refractivity contribution in [3.8, 4) is 0 Å². The van der Waals surface area contributed by atoms with Crippen molar-refractivity contribution in [2.45, 2.75) is 131 Å². The number of esters is 1. The lowest BCUT2D eigenvalue weighted by Gasteiger charge is -2.74. The average molecular weight is 485 g/mol. The molecule has 0 spiro atoms. The summed E-state index contributed by atoms with van der Waals surface area (Å²) in [5.41, 5.74) is 1.12. The quantitative estimate of drug-likeness (QED) is 0.322. The molecule has 198 valence electrons. The van der Waals surface area contributed by atoms with Gasteiger partial charge in [-0.1, -0.05) is 54.5 Å². The highest BCUT2D eigenvalue weighted by atomic mass is 16.5. The molecule has 0 aromatic carbocycles. The molecular formula is C32H52O3. The normalized spacial score (nSPS) is 54.6. The largest absolute Gasteiger partial charge is 0.462 e. The molecular weight excluding hydrogens is 432 g/mol. The molecule has 0 aromatic heterocycles. The van der Waals surface area contributed by atoms with E-state index in [1.807, 2.05) is 6.92 Å². The Balaban J connectivity index is 1.59. The van der Waals surface area contributed by atoms with Gasteiger partial charge < -0.3 is 9.84 Å². The predicted molar refractivity (Wildman–Crippen MR) is 142 cm³/mol. The summed E-state index contributed by atoms with van der Waals surface area (Å²) in [5, 5.41) is 11.7. The lowest BCUT2D eigenvalue weighted by molar-refractivity contribution is -0.272. The van der Waals surface area contributed by atoms with E-state index in [-0.39, 0.29) is 39.1 Å². The van der Waals surface area contributed by atoms with E-state index in [0.29, 0.717) is 23.7 Å². The first-order valence-electron chi connectivity index (χ1n) is 14.6. The minimum Gasteiger partial charge on any atom is -0.462 e. The van der Waals surface area contributed by atoms with Crippen molar-refractivity contribution >= 4 is 5.97 Å². The van der Waals surface area contributed by atoms with E-state index in [1.54, 1.807) is 6.92 Å². The lowest BCUT2D eigenvalue weighted by Crippen LogP contribution is -2.69. The van der Waals surface area contributed by atoms with E-state index in [1.165, 1.54) is 32.1 Å². The summed E-state index contributed by atoms with van der Waals surface area (Å²) in [5.74, 6) is 1.89. The van der Waals surface area contributed by atoms with Crippen molar-refractivity contribution in [1.82, 2.24) is 0 Å². The summed E-state index contributed by atoms with van der Waals surface area (Å²) < 4.78 is 6.29. The van der Waals surface area contributed by atoms with E-state index in [0.717, 1.165) is 37.7 Å². The van der Waals surface area contributed by atoms with E-state index in [2.05, 4.69) is 48.1 Å². The first kappa shape index (κ1) is 25.8. The van der Waals surface area contributed by atoms with E-state index in [9.17, 15) is 9.90 Å². The van der Waals surface area contributed by atoms with Gasteiger partial charge in [0.2, 0.25) is 0 Å². The van der Waals surface area contributed by atoms with E-state index < -0.39 is 5.60 Å². The molecule has 0 radical (unpaired) electrons. The van der Waals surface area contributed by atoms with Gasteiger partial charge in [0.15, 0.2) is 0 Å². The standard InChI is InChI=1S/C32H52O3/c1-20(2)32(34)18-17-28(6)23-11-12-24-29(7)15-10-14-27(4,5)26(29)22(35-21(3)33)19-31(24,9)30(23,8)16-13-25(28)32/h22-26,34H,1,10-19H2,2-9H3. The Labute approximate surface area is 214 Å². The molecule has 0 aromatic rings. The van der Waals surface area contributed by atoms with Crippen LogP contribution in [0.25, 0.3) is 0 Å². The Morgan fingerprint density at radius 2 is 1.43 bits per heavy atom. The number of carbonyl (C=O) groups is 1. The van der Waals surface area contributed by atoms with E-state index in [4.69, 9.17) is 4.74 Å². The fraction of sp³-hybridized carbons (Fsp3) is 0.906. The Morgan fingerprint density at radius 3 is 2.03 bits per heavy atom. The molecule has 3 heteroatoms. The molecule has 0 amide bonds. The second-order valence-electron chi connectivity index (χ2n) is 15.5. The number of rotatable bonds is 2. The molecule has 0 aliphatic heterocycles. The predicted octanol–water partition coefficient (Wildman–Crippen LogP) is 7.71. The topological polar surface area (TPSA) is 46.5 Å². The van der Waals surface area contributed by atoms with Gasteiger partial charge in [-0.15, -0.1) is 0 Å². The molecule has 0 heterocycles. The van der Waals surface area contributed by atoms with Crippen LogP contribution in [0.2, 0.25) is 0 Å². The minimum atomic E-state index is -0.703. The van der Waals surface area contributed by atoms with Crippen LogP contribution >= 0.6 is 0 Å². The van der Waals surface area contributed by atoms with Crippen molar-refractivity contribution in [1.29, 1.82) is 0 Å². The minimum absolute atomic E-state index is 0.00563. The number of fused-ring (bicyclic) bond motifs is 7. The zero-order valence-electron chi connectivity index (χ0n) is 23.9. The Kier molecular flexibility index (Phi) is 5.61. The summed E-state index contributed by atoms with van der Waals surface area (Å²) in [6.07, 6.45) is 11.5. The van der Waals surface area contributed by atoms with Crippen LogP contribution in [0.4, 0.5) is 0 Å². The highest BCUT2D eigenvalue weighted by Crippen LogP contribution is 2.78. The third-order valence-corrected chi connectivity index (χ3v) is 13.7. The van der Waals surface area contributed by atoms with Gasteiger partial charge >= 0.3 is 5.97 Å². The Bertz CT molecular complexity index is 922. The molecule has 5 rings (SSSR count). The molecule has 10 unspecified atom stereocenters. The number of ether oxygens (including phenoxy) is 1. The highest BCUT2D eigenvalue weighted by Gasteiger charge is 2.73. The molecule has 10 atom stereocenters. The number of hydrogen-bond acceptors (Lipinski definition) is 3. The maximum atomic E-state index is 12.4. The second-order valence-corrected chi connectivity index (χ2v) is 15.5. The fourth-order valence-corrected chi connectivity index (χ4v) is 12.3. The first-order valence-corrected chi connectivity index (χ1v) is 14.6. The smallest absolute Gasteiger partial charge is 0.302 e. The van der Waals surface area contributed by atoms with Gasteiger partial charge in [0, 0.05) is 12.8 Å². The first-order chi connectivity index (χ1) is 16.1. The van der Waals surface area contributed by atoms with Crippen molar-refractivity contribution in [2.75, 3.05) is 0 Å². The van der Waals surface area contributed by atoms with Gasteiger partial charge in [0.1, 0.15) is 6.10 Å². The van der Waals surface area contributed by atoms with Crippen molar-refractivity contribution in [3.05, 3.63) is 12.2 Å². The van der Waals surface area contributed by atoms with Crippen LogP contribution < -0.4 is 0 Å². The Hall–Kier alpha value is -0.830. The SMILES string of the molecule is C=C(C)C1(O)CCC2(C)C1CCC1(C)C2CCC2C3(C)CCCC(C)(C)C3C(OC(C)=O)CC21C. The van der Waals surface area contributed by atoms with Crippen molar-refractivity contribution < 1.29 is 14.6 Å². The summed E-state index contributed by atoms with van der Waals surface area (Å²) >= 11 is 0. The van der Waals surface area contributed by atoms with Gasteiger partial charge in [-0.3, -0.25) is 4.79 Å². The second kappa shape index (κ2) is 7.61. The molecule has 5 saturated carbocycles. The fourth-order valence-electron chi connectivity index (χ4n) is 12.3. The van der Waals surface area contributed by atoms with Crippen LogP contribution in [-0.4, -0.2) is 22.8 Å². The molecule has 5 aliphatic rings. The molecule has 3 nitrogen and oxygen atoms in total. The molecule has 5 aliphatic carbocycles. The van der Waals surface area contributed by atoms with Gasteiger partial charge in [0.05, 0.1) is 5.60 Å². The number of hydrogen-bond donors (Lipinski definition) is 1. The average Bonchev–Trinajstić information content (AvgIpc) is 2.99. The monoisotopic (exact) mass is 484 g/mol. The third-order valence-electron chi connectivity index (χ3n) is 13.7. The van der Waals surface area contributed by atoms with Gasteiger partial charge in [-0.05, 0) is 115 Å². The van der Waals surface area contributed by atoms with Crippen LogP contribution in [0.5, 0.6) is 0 Å². The van der Waals surface area contributed by atoms with E-state index >= 15 is 0 Å². The van der Waals surface area contributed by atoms with Crippen molar-refractivity contribution in [3.63, 3.8) is 0 Å². The Morgan fingerprint density at radius 1 is 0.800 bits per heavy atom. The van der Waals surface area contributed by atoms with Gasteiger partial charge in [-0.2, -0.15) is 0 Å². The highest BCUT2D eigenvalue weighted by molar-refractivity contribution is 5.66. The number of carbonyl (C=O) groups excluding carboxylic acids is 1. The molecule has 5 fully saturated rings. The molecule has 1 N–H and O–H groups in total. The zero-order chi connectivity index (χ0) is 25.8. The van der Waals surface area contributed by atoms with Crippen LogP contribution in [0.15, 0.2) is 12.2 Å². The van der Waals surface area contributed by atoms with Gasteiger partial charge in [-0.25, -0.2) is 0 Å². The van der Waals surface area contributed by atoms with Gasteiger partial charge in [0.25, 0.3) is 0 Å². The molecule has 35 heavy (non-hydrogen) atoms. The van der Waals surface area contributed by atoms with Crippen LogP contribution in [0.1, 0.15) is 120 Å². The zero-order valence-corrected chi connectivity index (χ0v) is 23.9. The third kappa shape index (κ3) is 3.15. The molecule has 0 saturated heterocycles. The summed E-state index contributed by atoms with van der Waals surface area (Å²) in [6.45, 7) is 23.0. The number of aliphatic hydroxyl groups is 1.